The van der Waals surface area contributed by atoms with Crippen LogP contribution in [0.5, 0.6) is 0 Å². The van der Waals surface area contributed by atoms with Crippen LogP contribution in [0.15, 0.2) is 24.3 Å². The summed E-state index contributed by atoms with van der Waals surface area (Å²) >= 11 is 0. The Morgan fingerprint density at radius 1 is 1.14 bits per heavy atom. The zero-order valence-corrected chi connectivity index (χ0v) is 11.0. The van der Waals surface area contributed by atoms with Gasteiger partial charge in [-0.05, 0) is 18.6 Å². The SMILES string of the molecule is CC(C(N)=O)c1cccc(C(F)(F)F)c1.O=C(O)C(F)(F)F. The molecule has 0 aromatic heterocycles. The van der Waals surface area contributed by atoms with Gasteiger partial charge in [0, 0.05) is 0 Å². The molecule has 3 N–H and O–H groups in total. The van der Waals surface area contributed by atoms with Crippen molar-refractivity contribution in [2.75, 3.05) is 0 Å². The third-order valence-electron chi connectivity index (χ3n) is 2.38. The van der Waals surface area contributed by atoms with Gasteiger partial charge in [0.05, 0.1) is 11.5 Å². The number of nitrogens with two attached hydrogens (primary N) is 1. The van der Waals surface area contributed by atoms with E-state index in [1.165, 1.54) is 19.1 Å². The molecule has 1 aromatic rings. The van der Waals surface area contributed by atoms with E-state index in [1.807, 2.05) is 0 Å². The van der Waals surface area contributed by atoms with Gasteiger partial charge in [0.2, 0.25) is 5.91 Å². The number of carboxylic acid groups (broad SMARTS) is 1. The zero-order valence-electron chi connectivity index (χ0n) is 11.0. The molecule has 0 radical (unpaired) electrons. The Balaban J connectivity index is 0.000000534. The molecule has 10 heteroatoms. The molecule has 0 fully saturated rings. The number of halogens is 6. The minimum atomic E-state index is -5.08. The number of benzene rings is 1. The number of hydrogen-bond acceptors (Lipinski definition) is 2. The molecular weight excluding hydrogens is 320 g/mol. The number of carbonyl (C=O) groups is 2. The molecule has 0 bridgehead atoms. The van der Waals surface area contributed by atoms with Crippen molar-refractivity contribution < 1.29 is 41.0 Å². The number of rotatable bonds is 2. The predicted octanol–water partition coefficient (Wildman–Crippen LogP) is 2.93. The number of hydrogen-bond donors (Lipinski definition) is 2. The molecule has 0 heterocycles. The summed E-state index contributed by atoms with van der Waals surface area (Å²) in [4.78, 5) is 19.7. The Hall–Kier alpha value is -2.26. The van der Waals surface area contributed by atoms with Crippen LogP contribution in [0, 0.1) is 0 Å². The van der Waals surface area contributed by atoms with Crippen molar-refractivity contribution in [2.45, 2.75) is 25.2 Å². The summed E-state index contributed by atoms with van der Waals surface area (Å²) in [5, 5.41) is 7.12. The maximum atomic E-state index is 12.3. The molecule has 1 amide bonds. The predicted molar refractivity (Wildman–Crippen MR) is 62.7 cm³/mol. The van der Waals surface area contributed by atoms with Crippen molar-refractivity contribution in [3.8, 4) is 0 Å². The topological polar surface area (TPSA) is 80.4 Å². The second-order valence-electron chi connectivity index (χ2n) is 4.05. The first-order valence-electron chi connectivity index (χ1n) is 5.53. The van der Waals surface area contributed by atoms with Crippen LogP contribution in [0.3, 0.4) is 0 Å². The second-order valence-corrected chi connectivity index (χ2v) is 4.05. The summed E-state index contributed by atoms with van der Waals surface area (Å²) in [6, 6.07) is 4.61. The van der Waals surface area contributed by atoms with Crippen molar-refractivity contribution in [3.63, 3.8) is 0 Å². The van der Waals surface area contributed by atoms with Gasteiger partial charge in [0.15, 0.2) is 0 Å². The molecular formula is C12H11F6NO3. The maximum Gasteiger partial charge on any atom is 0.490 e. The highest BCUT2D eigenvalue weighted by molar-refractivity contribution is 5.81. The Morgan fingerprint density at radius 2 is 1.59 bits per heavy atom. The van der Waals surface area contributed by atoms with Crippen LogP contribution >= 0.6 is 0 Å². The van der Waals surface area contributed by atoms with Crippen LogP contribution in [0.4, 0.5) is 26.3 Å². The molecule has 1 unspecified atom stereocenters. The van der Waals surface area contributed by atoms with E-state index in [9.17, 15) is 31.1 Å². The Labute approximate surface area is 120 Å². The smallest absolute Gasteiger partial charge is 0.475 e. The van der Waals surface area contributed by atoms with Crippen LogP contribution in [0.1, 0.15) is 24.0 Å². The highest BCUT2D eigenvalue weighted by atomic mass is 19.4. The first-order chi connectivity index (χ1) is 9.76. The van der Waals surface area contributed by atoms with Crippen LogP contribution in [-0.4, -0.2) is 23.2 Å². The lowest BCUT2D eigenvalue weighted by atomic mass is 9.98. The van der Waals surface area contributed by atoms with Crippen LogP contribution in [-0.2, 0) is 15.8 Å². The highest BCUT2D eigenvalue weighted by Crippen LogP contribution is 2.30. The van der Waals surface area contributed by atoms with E-state index in [4.69, 9.17) is 15.6 Å². The van der Waals surface area contributed by atoms with E-state index in [-0.39, 0.29) is 5.56 Å². The lowest BCUT2D eigenvalue weighted by Gasteiger charge is -2.11. The first kappa shape index (κ1) is 19.7. The van der Waals surface area contributed by atoms with Crippen LogP contribution < -0.4 is 5.73 Å². The zero-order chi connectivity index (χ0) is 17.7. The largest absolute Gasteiger partial charge is 0.490 e. The normalized spacial score (nSPS) is 12.9. The molecule has 0 saturated carbocycles. The van der Waals surface area contributed by atoms with E-state index in [1.54, 1.807) is 0 Å². The average Bonchev–Trinajstić information content (AvgIpc) is 2.36. The van der Waals surface area contributed by atoms with Crippen molar-refractivity contribution in [3.05, 3.63) is 35.4 Å². The molecule has 1 rings (SSSR count). The lowest BCUT2D eigenvalue weighted by molar-refractivity contribution is -0.192. The summed E-state index contributed by atoms with van der Waals surface area (Å²) in [6.07, 6.45) is -9.48. The van der Waals surface area contributed by atoms with Gasteiger partial charge in [-0.15, -0.1) is 0 Å². The molecule has 0 aliphatic carbocycles. The Bertz CT molecular complexity index is 538. The fraction of sp³-hybridized carbons (Fsp3) is 0.333. The highest BCUT2D eigenvalue weighted by Gasteiger charge is 2.38. The molecule has 0 aliphatic rings. The monoisotopic (exact) mass is 331 g/mol. The minimum absolute atomic E-state index is 0.275. The van der Waals surface area contributed by atoms with Gasteiger partial charge in [-0.25, -0.2) is 4.79 Å². The molecule has 4 nitrogen and oxygen atoms in total. The fourth-order valence-electron chi connectivity index (χ4n) is 1.15. The molecule has 1 atom stereocenters. The van der Waals surface area contributed by atoms with E-state index in [2.05, 4.69) is 0 Å². The Kier molecular flexibility index (Phi) is 6.41. The van der Waals surface area contributed by atoms with Gasteiger partial charge in [-0.3, -0.25) is 4.79 Å². The fourth-order valence-corrected chi connectivity index (χ4v) is 1.15. The Morgan fingerprint density at radius 3 is 1.91 bits per heavy atom. The number of aliphatic carboxylic acids is 1. The average molecular weight is 331 g/mol. The van der Waals surface area contributed by atoms with Crippen molar-refractivity contribution in [2.24, 2.45) is 5.73 Å². The summed E-state index contributed by atoms with van der Waals surface area (Å²) < 4.78 is 68.7. The number of carbonyl (C=O) groups excluding carboxylic acids is 1. The van der Waals surface area contributed by atoms with Gasteiger partial charge >= 0.3 is 18.3 Å². The molecule has 124 valence electrons. The third-order valence-corrected chi connectivity index (χ3v) is 2.38. The van der Waals surface area contributed by atoms with Crippen LogP contribution in [0.2, 0.25) is 0 Å². The molecule has 0 aliphatic heterocycles. The van der Waals surface area contributed by atoms with Crippen molar-refractivity contribution in [1.29, 1.82) is 0 Å². The van der Waals surface area contributed by atoms with E-state index in [0.717, 1.165) is 12.1 Å². The number of amides is 1. The van der Waals surface area contributed by atoms with Gasteiger partial charge in [0.25, 0.3) is 0 Å². The summed E-state index contributed by atoms with van der Waals surface area (Å²) in [6.45, 7) is 1.47. The lowest BCUT2D eigenvalue weighted by Crippen LogP contribution is -2.21. The molecule has 1 aromatic carbocycles. The maximum absolute atomic E-state index is 12.3. The van der Waals surface area contributed by atoms with E-state index < -0.39 is 35.7 Å². The summed E-state index contributed by atoms with van der Waals surface area (Å²) in [5.74, 6) is -4.12. The van der Waals surface area contributed by atoms with Crippen molar-refractivity contribution in [1.82, 2.24) is 0 Å². The van der Waals surface area contributed by atoms with Gasteiger partial charge in [-0.1, -0.05) is 18.2 Å². The summed E-state index contributed by atoms with van der Waals surface area (Å²) in [5.41, 5.74) is 4.51. The number of carboxylic acids is 1. The number of primary amides is 1. The summed E-state index contributed by atoms with van der Waals surface area (Å²) in [7, 11) is 0. The molecule has 22 heavy (non-hydrogen) atoms. The van der Waals surface area contributed by atoms with E-state index >= 15 is 0 Å². The quantitative estimate of drug-likeness (QED) is 0.818. The molecule has 0 saturated heterocycles. The van der Waals surface area contributed by atoms with Crippen LogP contribution in [0.25, 0.3) is 0 Å². The van der Waals surface area contributed by atoms with E-state index in [0.29, 0.717) is 0 Å². The first-order valence-corrected chi connectivity index (χ1v) is 5.53. The van der Waals surface area contributed by atoms with Gasteiger partial charge in [-0.2, -0.15) is 26.3 Å². The molecule has 0 spiro atoms. The van der Waals surface area contributed by atoms with Crippen molar-refractivity contribution >= 4 is 11.9 Å². The van der Waals surface area contributed by atoms with Gasteiger partial charge in [0.1, 0.15) is 0 Å². The van der Waals surface area contributed by atoms with Gasteiger partial charge < -0.3 is 10.8 Å². The standard InChI is InChI=1S/C10H10F3NO.C2HF3O2/c1-6(9(14)15)7-3-2-4-8(5-7)10(11,12)13;3-2(4,5)1(6)7/h2-6H,1H3,(H2,14,15);(H,6,7). The minimum Gasteiger partial charge on any atom is -0.475 e. The number of alkyl halides is 6. The second kappa shape index (κ2) is 7.14. The third kappa shape index (κ3) is 6.46.